The first-order valence-corrected chi connectivity index (χ1v) is 12.1. The highest BCUT2D eigenvalue weighted by atomic mass is 35.5. The molecular weight excluding hydrogens is 553 g/mol. The Hall–Kier alpha value is -4.52. The van der Waals surface area contributed by atoms with Crippen molar-refractivity contribution in [1.82, 2.24) is 19.9 Å². The van der Waals surface area contributed by atoms with Crippen LogP contribution in [0.5, 0.6) is 11.6 Å². The summed E-state index contributed by atoms with van der Waals surface area (Å²) in [7, 11) is 0. The fraction of sp³-hybridized carbons (Fsp3) is 0.231. The highest BCUT2D eigenvalue weighted by molar-refractivity contribution is 6.34. The van der Waals surface area contributed by atoms with Gasteiger partial charge in [-0.05, 0) is 57.2 Å². The molecule has 0 saturated carbocycles. The Balaban J connectivity index is 1.47. The zero-order valence-electron chi connectivity index (χ0n) is 21.4. The summed E-state index contributed by atoms with van der Waals surface area (Å²) in [6.07, 6.45) is -4.32. The Bertz CT molecular complexity index is 1570. The van der Waals surface area contributed by atoms with Gasteiger partial charge in [0.15, 0.2) is 0 Å². The van der Waals surface area contributed by atoms with E-state index in [2.05, 4.69) is 25.6 Å². The maximum Gasteiger partial charge on any atom is 0.416 e. The number of carbonyl (C=O) groups excluding carboxylic acids is 1. The minimum atomic E-state index is -4.55. The molecule has 10 nitrogen and oxygen atoms in total. The molecule has 0 spiro atoms. The van der Waals surface area contributed by atoms with Crippen LogP contribution in [-0.4, -0.2) is 42.6 Å². The third kappa shape index (κ3) is 6.72. The molecule has 0 unspecified atom stereocenters. The van der Waals surface area contributed by atoms with Gasteiger partial charge in [-0.3, -0.25) is 4.90 Å². The van der Waals surface area contributed by atoms with E-state index in [9.17, 15) is 27.9 Å². The van der Waals surface area contributed by atoms with Crippen LogP contribution >= 0.6 is 11.6 Å². The second-order valence-electron chi connectivity index (χ2n) is 9.67. The minimum Gasteiger partial charge on any atom is -0.465 e. The Morgan fingerprint density at radius 1 is 1.07 bits per heavy atom. The van der Waals surface area contributed by atoms with Crippen LogP contribution in [0.25, 0.3) is 11.0 Å². The number of aromatic amines is 1. The maximum atomic E-state index is 12.9. The van der Waals surface area contributed by atoms with E-state index in [0.29, 0.717) is 16.7 Å². The molecular formula is C26H24ClF3N6O4. The number of aromatic nitrogens is 3. The second kappa shape index (κ2) is 10.9. The Morgan fingerprint density at radius 3 is 2.48 bits per heavy atom. The summed E-state index contributed by atoms with van der Waals surface area (Å²) in [6, 6.07) is 9.51. The first-order chi connectivity index (χ1) is 18.7. The number of anilines is 2. The summed E-state index contributed by atoms with van der Waals surface area (Å²) in [5.41, 5.74) is 0.142. The lowest BCUT2D eigenvalue weighted by Crippen LogP contribution is -2.44. The van der Waals surface area contributed by atoms with Gasteiger partial charge < -0.3 is 25.5 Å². The van der Waals surface area contributed by atoms with Crippen LogP contribution in [0.3, 0.4) is 0 Å². The number of hydrogen-bond donors (Lipinski definition) is 4. The van der Waals surface area contributed by atoms with Crippen LogP contribution in [0.1, 0.15) is 32.0 Å². The summed E-state index contributed by atoms with van der Waals surface area (Å²) in [5.74, 6) is 0.430. The molecule has 0 saturated heterocycles. The minimum absolute atomic E-state index is 0.0459. The van der Waals surface area contributed by atoms with Gasteiger partial charge in [-0.15, -0.1) is 0 Å². The largest absolute Gasteiger partial charge is 0.465 e. The number of carbonyl (C=O) groups is 2. The van der Waals surface area contributed by atoms with Crippen molar-refractivity contribution in [3.63, 3.8) is 0 Å². The summed E-state index contributed by atoms with van der Waals surface area (Å²) < 4.78 is 44.6. The molecule has 2 aromatic heterocycles. The van der Waals surface area contributed by atoms with Crippen molar-refractivity contribution in [3.05, 3.63) is 71.1 Å². The average Bonchev–Trinajstić information content (AvgIpc) is 3.27. The normalized spacial score (nSPS) is 11.8. The molecule has 4 rings (SSSR count). The Kier molecular flexibility index (Phi) is 7.78. The molecule has 2 aromatic carbocycles. The van der Waals surface area contributed by atoms with Gasteiger partial charge in [-0.2, -0.15) is 18.2 Å². The zero-order valence-corrected chi connectivity index (χ0v) is 22.2. The number of ether oxygens (including phenoxy) is 1. The predicted molar refractivity (Wildman–Crippen MR) is 143 cm³/mol. The van der Waals surface area contributed by atoms with E-state index in [1.165, 1.54) is 41.6 Å². The topological polar surface area (TPSA) is 132 Å². The van der Waals surface area contributed by atoms with E-state index in [1.807, 2.05) is 0 Å². The highest BCUT2D eigenvalue weighted by Crippen LogP contribution is 2.33. The molecule has 40 heavy (non-hydrogen) atoms. The lowest BCUT2D eigenvalue weighted by atomic mass is 10.1. The number of alkyl halides is 3. The van der Waals surface area contributed by atoms with Gasteiger partial charge in [0.2, 0.25) is 5.88 Å². The van der Waals surface area contributed by atoms with Gasteiger partial charge in [-0.25, -0.2) is 14.6 Å². The van der Waals surface area contributed by atoms with Crippen molar-refractivity contribution in [1.29, 1.82) is 0 Å². The molecule has 3 amide bonds. The molecule has 0 aliphatic heterocycles. The van der Waals surface area contributed by atoms with Crippen molar-refractivity contribution in [2.75, 3.05) is 10.6 Å². The van der Waals surface area contributed by atoms with E-state index in [4.69, 9.17) is 16.3 Å². The Labute approximate surface area is 231 Å². The van der Waals surface area contributed by atoms with Crippen molar-refractivity contribution in [2.45, 2.75) is 39.0 Å². The van der Waals surface area contributed by atoms with Crippen LogP contribution in [0.2, 0.25) is 5.02 Å². The monoisotopic (exact) mass is 576 g/mol. The lowest BCUT2D eigenvalue weighted by Gasteiger charge is -2.32. The third-order valence-corrected chi connectivity index (χ3v) is 5.97. The Morgan fingerprint density at radius 2 is 1.82 bits per heavy atom. The summed E-state index contributed by atoms with van der Waals surface area (Å²) >= 11 is 6.31. The molecule has 0 fully saturated rings. The van der Waals surface area contributed by atoms with Crippen molar-refractivity contribution >= 4 is 46.1 Å². The van der Waals surface area contributed by atoms with Crippen molar-refractivity contribution in [2.24, 2.45) is 0 Å². The van der Waals surface area contributed by atoms with Gasteiger partial charge in [0.1, 0.15) is 17.6 Å². The number of halogens is 4. The number of rotatable bonds is 6. The molecule has 0 atom stereocenters. The predicted octanol–water partition coefficient (Wildman–Crippen LogP) is 7.34. The fourth-order valence-corrected chi connectivity index (χ4v) is 3.94. The first-order valence-electron chi connectivity index (χ1n) is 11.8. The number of carboxylic acid groups (broad SMARTS) is 1. The van der Waals surface area contributed by atoms with Crippen molar-refractivity contribution in [3.8, 4) is 11.6 Å². The summed E-state index contributed by atoms with van der Waals surface area (Å²) in [5, 5.41) is 14.5. The maximum absolute atomic E-state index is 12.9. The highest BCUT2D eigenvalue weighted by Gasteiger charge is 2.30. The third-order valence-electron chi connectivity index (χ3n) is 5.66. The van der Waals surface area contributed by atoms with E-state index in [0.717, 1.165) is 12.1 Å². The van der Waals surface area contributed by atoms with Gasteiger partial charge in [0, 0.05) is 23.0 Å². The zero-order chi connectivity index (χ0) is 29.2. The number of benzene rings is 2. The van der Waals surface area contributed by atoms with Crippen LogP contribution in [0.4, 0.5) is 34.1 Å². The van der Waals surface area contributed by atoms with Crippen LogP contribution in [0, 0.1) is 0 Å². The summed E-state index contributed by atoms with van der Waals surface area (Å²) in [6.45, 7) is 5.45. The molecule has 0 radical (unpaired) electrons. The molecule has 0 aliphatic rings. The molecule has 14 heteroatoms. The van der Waals surface area contributed by atoms with E-state index in [1.54, 1.807) is 26.8 Å². The first kappa shape index (κ1) is 28.5. The van der Waals surface area contributed by atoms with Gasteiger partial charge >= 0.3 is 18.3 Å². The van der Waals surface area contributed by atoms with E-state index >= 15 is 0 Å². The second-order valence-corrected chi connectivity index (χ2v) is 10.1. The lowest BCUT2D eigenvalue weighted by molar-refractivity contribution is -0.137. The number of hydrogen-bond acceptors (Lipinski definition) is 5. The number of nitrogens with one attached hydrogen (secondary N) is 3. The quantitative estimate of drug-likeness (QED) is 0.190. The van der Waals surface area contributed by atoms with Gasteiger partial charge in [0.05, 0.1) is 28.3 Å². The smallest absolute Gasteiger partial charge is 0.416 e. The molecule has 0 bridgehead atoms. The molecule has 4 N–H and O–H groups in total. The standard InChI is InChI=1S/C26H24ClF3N6O4/c1-25(2,3)36(24(38)39)12-16-10-20-21(33-16)22(32-13-31-20)40-17-7-8-19(18(27)11-17)35-23(37)34-15-6-4-5-14(9-15)26(28,29)30/h4-11,13,33H,12H2,1-3H3,(H,38,39)(H2,34,35,37). The van der Waals surface area contributed by atoms with Crippen LogP contribution < -0.4 is 15.4 Å². The van der Waals surface area contributed by atoms with E-state index in [-0.39, 0.29) is 34.6 Å². The molecule has 2 heterocycles. The SMILES string of the molecule is CC(C)(C)N(Cc1cc2ncnc(Oc3ccc(NC(=O)Nc4cccc(C(F)(F)F)c4)c(Cl)c3)c2[nH]1)C(=O)O. The molecule has 210 valence electrons. The number of amides is 3. The number of urea groups is 1. The molecule has 4 aromatic rings. The number of fused-ring (bicyclic) bond motifs is 1. The van der Waals surface area contributed by atoms with Crippen molar-refractivity contribution < 1.29 is 32.6 Å². The van der Waals surface area contributed by atoms with Crippen LogP contribution in [0.15, 0.2) is 54.9 Å². The average molecular weight is 577 g/mol. The van der Waals surface area contributed by atoms with Crippen LogP contribution in [-0.2, 0) is 12.7 Å². The van der Waals surface area contributed by atoms with Gasteiger partial charge in [-0.1, -0.05) is 17.7 Å². The molecule has 0 aliphatic carbocycles. The van der Waals surface area contributed by atoms with Gasteiger partial charge in [0.25, 0.3) is 0 Å². The number of nitrogens with zero attached hydrogens (tertiary/aromatic N) is 3. The van der Waals surface area contributed by atoms with E-state index < -0.39 is 29.4 Å². The fourth-order valence-electron chi connectivity index (χ4n) is 3.73. The summed E-state index contributed by atoms with van der Waals surface area (Å²) in [4.78, 5) is 36.8. The number of H-pyrrole nitrogens is 1.